The van der Waals surface area contributed by atoms with Crippen molar-refractivity contribution in [3.63, 3.8) is 0 Å². The largest absolute Gasteiger partial charge is 0.528 e. The van der Waals surface area contributed by atoms with E-state index in [1.165, 1.54) is 0 Å². The third-order valence-electron chi connectivity index (χ3n) is 4.11. The molecule has 0 heterocycles. The fourth-order valence-electron chi connectivity index (χ4n) is 3.07. The highest BCUT2D eigenvalue weighted by Gasteiger charge is 2.44. The summed E-state index contributed by atoms with van der Waals surface area (Å²) in [4.78, 5) is 13.0. The van der Waals surface area contributed by atoms with E-state index >= 15 is 0 Å². The van der Waals surface area contributed by atoms with E-state index in [-0.39, 0.29) is 5.97 Å². The van der Waals surface area contributed by atoms with E-state index in [1.54, 1.807) is 0 Å². The molecule has 0 aliphatic rings. The number of carbonyl (C=O) groups excluding carboxylic acids is 1. The second kappa shape index (κ2) is 6.63. The SMILES string of the molecule is O=C(O[SiH3])C(c1ccccc1)(c1ccccc1)c1ccccc1. The Morgan fingerprint density at radius 2 is 0.957 bits per heavy atom. The van der Waals surface area contributed by atoms with E-state index in [0.717, 1.165) is 16.7 Å². The first-order chi connectivity index (χ1) is 11.3. The van der Waals surface area contributed by atoms with E-state index in [4.69, 9.17) is 4.43 Å². The van der Waals surface area contributed by atoms with Crippen molar-refractivity contribution in [2.75, 3.05) is 0 Å². The Bertz CT molecular complexity index is 674. The Morgan fingerprint density at radius 1 is 0.652 bits per heavy atom. The van der Waals surface area contributed by atoms with Gasteiger partial charge in [-0.05, 0) is 16.7 Å². The molecule has 0 atom stereocenters. The number of benzene rings is 3. The lowest BCUT2D eigenvalue weighted by Crippen LogP contribution is -2.39. The molecule has 0 N–H and O–H groups in total. The third kappa shape index (κ3) is 2.60. The molecule has 0 radical (unpaired) electrons. The molecule has 3 aromatic rings. The van der Waals surface area contributed by atoms with Crippen LogP contribution in [0.4, 0.5) is 0 Å². The molecule has 0 amide bonds. The zero-order chi connectivity index (χ0) is 16.1. The molecule has 3 heteroatoms. The molecule has 0 aromatic heterocycles. The van der Waals surface area contributed by atoms with Crippen LogP contribution in [0.2, 0.25) is 0 Å². The third-order valence-corrected chi connectivity index (χ3v) is 4.48. The summed E-state index contributed by atoms with van der Waals surface area (Å²) in [5.41, 5.74) is 1.81. The van der Waals surface area contributed by atoms with Gasteiger partial charge in [-0.25, -0.2) is 0 Å². The highest BCUT2D eigenvalue weighted by molar-refractivity contribution is 6.09. The Balaban J connectivity index is 2.38. The van der Waals surface area contributed by atoms with Crippen LogP contribution in [0.15, 0.2) is 91.0 Å². The summed E-state index contributed by atoms with van der Waals surface area (Å²) in [5.74, 6) is -0.229. The number of hydrogen-bond donors (Lipinski definition) is 0. The van der Waals surface area contributed by atoms with E-state index in [1.807, 2.05) is 91.0 Å². The smallest absolute Gasteiger partial charge is 0.311 e. The van der Waals surface area contributed by atoms with E-state index in [2.05, 4.69) is 0 Å². The van der Waals surface area contributed by atoms with Crippen molar-refractivity contribution in [3.8, 4) is 0 Å². The molecule has 0 unspecified atom stereocenters. The molecule has 3 aromatic carbocycles. The quantitative estimate of drug-likeness (QED) is 0.546. The maximum atomic E-state index is 13.0. The molecule has 0 aliphatic heterocycles. The van der Waals surface area contributed by atoms with Gasteiger partial charge in [0.2, 0.25) is 10.5 Å². The van der Waals surface area contributed by atoms with Gasteiger partial charge in [0, 0.05) is 0 Å². The number of hydrogen-bond acceptors (Lipinski definition) is 2. The minimum absolute atomic E-state index is 0.229. The molecule has 0 fully saturated rings. The molecule has 0 bridgehead atoms. The number of carbonyl (C=O) groups is 1. The van der Waals surface area contributed by atoms with Gasteiger partial charge in [0.1, 0.15) is 5.41 Å². The second-order valence-electron chi connectivity index (χ2n) is 5.34. The van der Waals surface area contributed by atoms with Crippen molar-refractivity contribution in [2.45, 2.75) is 5.41 Å². The van der Waals surface area contributed by atoms with Gasteiger partial charge in [-0.2, -0.15) is 0 Å². The maximum absolute atomic E-state index is 13.0. The van der Waals surface area contributed by atoms with Crippen molar-refractivity contribution in [2.24, 2.45) is 0 Å². The highest BCUT2D eigenvalue weighted by atomic mass is 28.2. The van der Waals surface area contributed by atoms with Crippen LogP contribution in [-0.4, -0.2) is 16.5 Å². The van der Waals surface area contributed by atoms with Gasteiger partial charge >= 0.3 is 5.97 Å². The van der Waals surface area contributed by atoms with Gasteiger partial charge in [0.25, 0.3) is 0 Å². The molecule has 114 valence electrons. The predicted octanol–water partition coefficient (Wildman–Crippen LogP) is 2.84. The van der Waals surface area contributed by atoms with Gasteiger partial charge in [-0.1, -0.05) is 91.0 Å². The van der Waals surface area contributed by atoms with Crippen molar-refractivity contribution >= 4 is 16.5 Å². The summed E-state index contributed by atoms with van der Waals surface area (Å²) in [6.45, 7) is 0. The monoisotopic (exact) mass is 318 g/mol. The molecule has 0 saturated heterocycles. The van der Waals surface area contributed by atoms with Crippen molar-refractivity contribution < 1.29 is 9.22 Å². The Hall–Kier alpha value is -2.65. The van der Waals surface area contributed by atoms with Crippen LogP contribution in [0.1, 0.15) is 16.7 Å². The highest BCUT2D eigenvalue weighted by Crippen LogP contribution is 2.40. The van der Waals surface area contributed by atoms with Crippen LogP contribution in [0, 0.1) is 0 Å². The van der Waals surface area contributed by atoms with Crippen molar-refractivity contribution in [3.05, 3.63) is 108 Å². The summed E-state index contributed by atoms with van der Waals surface area (Å²) in [6.07, 6.45) is 0. The minimum Gasteiger partial charge on any atom is -0.528 e. The zero-order valence-corrected chi connectivity index (χ0v) is 15.0. The fourth-order valence-corrected chi connectivity index (χ4v) is 3.38. The summed E-state index contributed by atoms with van der Waals surface area (Å²) in [6, 6.07) is 29.5. The lowest BCUT2D eigenvalue weighted by molar-refractivity contribution is -0.137. The summed E-state index contributed by atoms with van der Waals surface area (Å²) in [7, 11) is 0.357. The molecule has 3 rings (SSSR count). The second-order valence-corrected chi connectivity index (χ2v) is 5.75. The standard InChI is InChI=1S/C20H18O2Si/c21-19(22-23)20(16-10-4-1-5-11-16,17-12-6-2-7-13-17)18-14-8-3-9-15-18/h1-15H,23H3. The topological polar surface area (TPSA) is 26.3 Å². The summed E-state index contributed by atoms with van der Waals surface area (Å²) >= 11 is 0. The molecule has 0 aliphatic carbocycles. The van der Waals surface area contributed by atoms with Gasteiger partial charge in [-0.3, -0.25) is 4.79 Å². The normalized spacial score (nSPS) is 11.1. The Labute approximate surface area is 139 Å². The van der Waals surface area contributed by atoms with Crippen LogP contribution in [-0.2, 0) is 14.6 Å². The zero-order valence-electron chi connectivity index (χ0n) is 13.0. The molecule has 2 nitrogen and oxygen atoms in total. The molecule has 0 spiro atoms. The van der Waals surface area contributed by atoms with Crippen LogP contribution < -0.4 is 0 Å². The summed E-state index contributed by atoms with van der Waals surface area (Å²) < 4.78 is 5.38. The van der Waals surface area contributed by atoms with Gasteiger partial charge in [-0.15, -0.1) is 0 Å². The molecular weight excluding hydrogens is 300 g/mol. The van der Waals surface area contributed by atoms with Crippen LogP contribution in [0.5, 0.6) is 0 Å². The van der Waals surface area contributed by atoms with Crippen LogP contribution >= 0.6 is 0 Å². The lowest BCUT2D eigenvalue weighted by Gasteiger charge is -2.33. The first kappa shape index (κ1) is 15.3. The fraction of sp³-hybridized carbons (Fsp3) is 0.0500. The first-order valence-electron chi connectivity index (χ1n) is 7.55. The maximum Gasteiger partial charge on any atom is 0.311 e. The van der Waals surface area contributed by atoms with Crippen LogP contribution in [0.3, 0.4) is 0 Å². The Morgan fingerprint density at radius 3 is 1.22 bits per heavy atom. The first-order valence-corrected chi connectivity index (χ1v) is 8.37. The minimum atomic E-state index is -0.939. The van der Waals surface area contributed by atoms with Crippen LogP contribution in [0.25, 0.3) is 0 Å². The summed E-state index contributed by atoms with van der Waals surface area (Å²) in [5, 5.41) is 0. The lowest BCUT2D eigenvalue weighted by atomic mass is 9.69. The predicted molar refractivity (Wildman–Crippen MR) is 95.2 cm³/mol. The van der Waals surface area contributed by atoms with Gasteiger partial charge in [0.05, 0.1) is 0 Å². The average molecular weight is 318 g/mol. The van der Waals surface area contributed by atoms with Gasteiger partial charge < -0.3 is 4.43 Å². The molecule has 0 saturated carbocycles. The van der Waals surface area contributed by atoms with Crippen molar-refractivity contribution in [1.29, 1.82) is 0 Å². The van der Waals surface area contributed by atoms with E-state index in [9.17, 15) is 4.79 Å². The Kier molecular flexibility index (Phi) is 4.39. The molecule has 23 heavy (non-hydrogen) atoms. The average Bonchev–Trinajstić information content (AvgIpc) is 2.65. The number of rotatable bonds is 4. The van der Waals surface area contributed by atoms with E-state index in [0.29, 0.717) is 10.5 Å². The molecular formula is C20H18O2Si. The van der Waals surface area contributed by atoms with E-state index < -0.39 is 5.41 Å². The van der Waals surface area contributed by atoms with Crippen molar-refractivity contribution in [1.82, 2.24) is 0 Å². The van der Waals surface area contributed by atoms with Gasteiger partial charge in [0.15, 0.2) is 0 Å².